The maximum absolute atomic E-state index is 13.5. The van der Waals surface area contributed by atoms with Crippen molar-refractivity contribution in [3.05, 3.63) is 53.3 Å². The van der Waals surface area contributed by atoms with Crippen molar-refractivity contribution in [1.82, 2.24) is 0 Å². The van der Waals surface area contributed by atoms with Crippen molar-refractivity contribution in [1.29, 1.82) is 0 Å². The predicted octanol–water partition coefficient (Wildman–Crippen LogP) is 3.81. The van der Waals surface area contributed by atoms with Crippen LogP contribution in [0, 0.1) is 5.82 Å². The molecule has 0 radical (unpaired) electrons. The number of piperazine rings is 1. The van der Waals surface area contributed by atoms with E-state index >= 15 is 0 Å². The van der Waals surface area contributed by atoms with Gasteiger partial charge in [-0.3, -0.25) is 0 Å². The summed E-state index contributed by atoms with van der Waals surface area (Å²) in [5.74, 6) is 0.464. The zero-order chi connectivity index (χ0) is 15.5. The highest BCUT2D eigenvalue weighted by Gasteiger charge is 2.20. The molecule has 1 aliphatic heterocycles. The maximum Gasteiger partial charge on any atom is 0.142 e. The molecule has 0 amide bonds. The van der Waals surface area contributed by atoms with Crippen molar-refractivity contribution < 1.29 is 9.13 Å². The van der Waals surface area contributed by atoms with Gasteiger partial charge in [-0.15, -0.1) is 0 Å². The summed E-state index contributed by atoms with van der Waals surface area (Å²) >= 11 is 6.05. The molecule has 0 saturated carbocycles. The third-order valence-electron chi connectivity index (χ3n) is 3.93. The molecule has 116 valence electrons. The van der Waals surface area contributed by atoms with Crippen LogP contribution in [0.1, 0.15) is 0 Å². The van der Waals surface area contributed by atoms with Gasteiger partial charge < -0.3 is 14.5 Å². The monoisotopic (exact) mass is 320 g/mol. The molecule has 3 nitrogen and oxygen atoms in total. The highest BCUT2D eigenvalue weighted by atomic mass is 35.5. The van der Waals surface area contributed by atoms with Gasteiger partial charge in [0.2, 0.25) is 0 Å². The van der Waals surface area contributed by atoms with Gasteiger partial charge in [0.05, 0.1) is 12.8 Å². The van der Waals surface area contributed by atoms with Crippen LogP contribution in [0.3, 0.4) is 0 Å². The molecule has 0 bridgehead atoms. The average molecular weight is 321 g/mol. The van der Waals surface area contributed by atoms with Crippen molar-refractivity contribution in [2.24, 2.45) is 0 Å². The third-order valence-corrected chi connectivity index (χ3v) is 4.17. The molecule has 0 aliphatic carbocycles. The molecule has 22 heavy (non-hydrogen) atoms. The van der Waals surface area contributed by atoms with Crippen molar-refractivity contribution in [3.8, 4) is 5.75 Å². The van der Waals surface area contributed by atoms with Gasteiger partial charge in [0, 0.05) is 43.0 Å². The lowest BCUT2D eigenvalue weighted by Gasteiger charge is -2.37. The second-order valence-electron chi connectivity index (χ2n) is 5.27. The standard InChI is InChI=1S/C17H18ClFN2O/c1-22-17-6-5-14(19)12-16(17)21-9-7-20(8-10-21)15-4-2-3-13(18)11-15/h2-6,11-12H,7-10H2,1H3. The highest BCUT2D eigenvalue weighted by Crippen LogP contribution is 2.30. The van der Waals surface area contributed by atoms with Gasteiger partial charge in [-0.05, 0) is 30.3 Å². The van der Waals surface area contributed by atoms with E-state index in [1.807, 2.05) is 18.2 Å². The first-order valence-corrected chi connectivity index (χ1v) is 7.64. The number of rotatable bonds is 3. The van der Waals surface area contributed by atoms with Gasteiger partial charge in [0.1, 0.15) is 11.6 Å². The van der Waals surface area contributed by atoms with E-state index in [0.29, 0.717) is 5.75 Å². The normalized spacial score (nSPS) is 15.0. The molecule has 1 aliphatic rings. The number of halogens is 2. The Bertz CT molecular complexity index is 657. The molecular weight excluding hydrogens is 303 g/mol. The van der Waals surface area contributed by atoms with Crippen LogP contribution in [0.25, 0.3) is 0 Å². The first kappa shape index (κ1) is 15.0. The highest BCUT2D eigenvalue weighted by molar-refractivity contribution is 6.30. The fraction of sp³-hybridized carbons (Fsp3) is 0.294. The molecule has 3 rings (SSSR count). The van der Waals surface area contributed by atoms with Crippen molar-refractivity contribution in [2.75, 3.05) is 43.1 Å². The van der Waals surface area contributed by atoms with Crippen molar-refractivity contribution in [2.45, 2.75) is 0 Å². The Labute approximate surface area is 134 Å². The van der Waals surface area contributed by atoms with E-state index < -0.39 is 0 Å². The smallest absolute Gasteiger partial charge is 0.142 e. The number of benzene rings is 2. The molecule has 0 aromatic heterocycles. The van der Waals surface area contributed by atoms with E-state index in [9.17, 15) is 4.39 Å². The molecule has 1 saturated heterocycles. The molecule has 0 atom stereocenters. The van der Waals surface area contributed by atoms with Crippen LogP contribution in [-0.2, 0) is 0 Å². The van der Waals surface area contributed by atoms with Gasteiger partial charge in [-0.2, -0.15) is 0 Å². The van der Waals surface area contributed by atoms with Crippen LogP contribution in [0.15, 0.2) is 42.5 Å². The second-order valence-corrected chi connectivity index (χ2v) is 5.71. The number of hydrogen-bond acceptors (Lipinski definition) is 3. The van der Waals surface area contributed by atoms with E-state index in [-0.39, 0.29) is 5.82 Å². The van der Waals surface area contributed by atoms with Gasteiger partial charge >= 0.3 is 0 Å². The van der Waals surface area contributed by atoms with E-state index in [4.69, 9.17) is 16.3 Å². The van der Waals surface area contributed by atoms with Crippen molar-refractivity contribution >= 4 is 23.0 Å². The number of nitrogens with zero attached hydrogens (tertiary/aromatic N) is 2. The minimum absolute atomic E-state index is 0.243. The van der Waals surface area contributed by atoms with Crippen LogP contribution < -0.4 is 14.5 Å². The summed E-state index contributed by atoms with van der Waals surface area (Å²) in [6.07, 6.45) is 0. The molecular formula is C17H18ClFN2O. The van der Waals surface area contributed by atoms with Crippen molar-refractivity contribution in [3.63, 3.8) is 0 Å². The lowest BCUT2D eigenvalue weighted by Crippen LogP contribution is -2.46. The zero-order valence-electron chi connectivity index (χ0n) is 12.4. The lowest BCUT2D eigenvalue weighted by molar-refractivity contribution is 0.412. The number of methoxy groups -OCH3 is 1. The molecule has 0 N–H and O–H groups in total. The maximum atomic E-state index is 13.5. The summed E-state index contributed by atoms with van der Waals surface area (Å²) in [6, 6.07) is 12.5. The number of ether oxygens (including phenoxy) is 1. The van der Waals surface area contributed by atoms with Gasteiger partial charge in [-0.1, -0.05) is 17.7 Å². The fourth-order valence-corrected chi connectivity index (χ4v) is 2.97. The Hall–Kier alpha value is -1.94. The Morgan fingerprint density at radius 3 is 2.41 bits per heavy atom. The SMILES string of the molecule is COc1ccc(F)cc1N1CCN(c2cccc(Cl)c2)CC1. The van der Waals surface area contributed by atoms with E-state index in [1.165, 1.54) is 12.1 Å². The average Bonchev–Trinajstić information content (AvgIpc) is 2.55. The number of anilines is 2. The Morgan fingerprint density at radius 2 is 1.73 bits per heavy atom. The zero-order valence-corrected chi connectivity index (χ0v) is 13.2. The number of hydrogen-bond donors (Lipinski definition) is 0. The predicted molar refractivity (Wildman–Crippen MR) is 88.8 cm³/mol. The van der Waals surface area contributed by atoms with Crippen LogP contribution >= 0.6 is 11.6 Å². The largest absolute Gasteiger partial charge is 0.495 e. The molecule has 2 aromatic rings. The molecule has 0 unspecified atom stereocenters. The van der Waals surface area contributed by atoms with E-state index in [1.54, 1.807) is 13.2 Å². The Balaban J connectivity index is 1.73. The summed E-state index contributed by atoms with van der Waals surface area (Å²) in [4.78, 5) is 4.44. The van der Waals surface area contributed by atoms with Crippen LogP contribution in [0.5, 0.6) is 5.75 Å². The molecule has 1 heterocycles. The summed E-state index contributed by atoms with van der Waals surface area (Å²) < 4.78 is 18.9. The Kier molecular flexibility index (Phi) is 4.39. The van der Waals surface area contributed by atoms with Gasteiger partial charge in [0.25, 0.3) is 0 Å². The summed E-state index contributed by atoms with van der Waals surface area (Å²) in [6.45, 7) is 3.35. The topological polar surface area (TPSA) is 15.7 Å². The van der Waals surface area contributed by atoms with E-state index in [0.717, 1.165) is 42.6 Å². The summed E-state index contributed by atoms with van der Waals surface area (Å²) in [7, 11) is 1.61. The lowest BCUT2D eigenvalue weighted by atomic mass is 10.2. The quantitative estimate of drug-likeness (QED) is 0.855. The fourth-order valence-electron chi connectivity index (χ4n) is 2.79. The molecule has 0 spiro atoms. The summed E-state index contributed by atoms with van der Waals surface area (Å²) in [5, 5.41) is 0.742. The third kappa shape index (κ3) is 3.12. The minimum atomic E-state index is -0.243. The van der Waals surface area contributed by atoms with Gasteiger partial charge in [0.15, 0.2) is 0 Å². The minimum Gasteiger partial charge on any atom is -0.495 e. The first-order valence-electron chi connectivity index (χ1n) is 7.26. The Morgan fingerprint density at radius 1 is 1.00 bits per heavy atom. The van der Waals surface area contributed by atoms with Gasteiger partial charge in [-0.25, -0.2) is 4.39 Å². The first-order chi connectivity index (χ1) is 10.7. The molecule has 5 heteroatoms. The van der Waals surface area contributed by atoms with Crippen LogP contribution in [0.2, 0.25) is 5.02 Å². The van der Waals surface area contributed by atoms with Crippen LogP contribution in [0.4, 0.5) is 15.8 Å². The molecule has 2 aromatic carbocycles. The molecule has 1 fully saturated rings. The van der Waals surface area contributed by atoms with E-state index in [2.05, 4.69) is 15.9 Å². The second kappa shape index (κ2) is 6.44. The summed E-state index contributed by atoms with van der Waals surface area (Å²) in [5.41, 5.74) is 1.94. The van der Waals surface area contributed by atoms with Crippen LogP contribution in [-0.4, -0.2) is 33.3 Å².